The summed E-state index contributed by atoms with van der Waals surface area (Å²) in [7, 11) is 0. The van der Waals surface area contributed by atoms with Crippen LogP contribution in [0.3, 0.4) is 0 Å². The smallest absolute Gasteiger partial charge is 0.338 e. The van der Waals surface area contributed by atoms with Crippen molar-refractivity contribution in [2.45, 2.75) is 34.6 Å². The molecular weight excluding hydrogens is 412 g/mol. The number of hydrogen-bond acceptors (Lipinski definition) is 4. The molecule has 0 radical (unpaired) electrons. The molecule has 0 fully saturated rings. The Morgan fingerprint density at radius 3 is 2.52 bits per heavy atom. The summed E-state index contributed by atoms with van der Waals surface area (Å²) in [5, 5.41) is 4.09. The van der Waals surface area contributed by atoms with Crippen molar-refractivity contribution in [3.63, 3.8) is 0 Å². The van der Waals surface area contributed by atoms with Crippen molar-refractivity contribution in [2.75, 3.05) is 19.7 Å². The van der Waals surface area contributed by atoms with Crippen molar-refractivity contribution in [1.82, 2.24) is 0 Å². The van der Waals surface area contributed by atoms with E-state index < -0.39 is 0 Å². The molecule has 5 heteroatoms. The van der Waals surface area contributed by atoms with E-state index in [2.05, 4.69) is 49.3 Å². The van der Waals surface area contributed by atoms with Crippen LogP contribution in [0.4, 0.5) is 5.69 Å². The maximum absolute atomic E-state index is 12.9. The summed E-state index contributed by atoms with van der Waals surface area (Å²) in [5.41, 5.74) is 7.47. The Labute approximate surface area is 194 Å². The second-order valence-electron chi connectivity index (χ2n) is 8.18. The molecule has 1 aliphatic heterocycles. The van der Waals surface area contributed by atoms with Gasteiger partial charge < -0.3 is 14.5 Å². The van der Waals surface area contributed by atoms with Gasteiger partial charge in [-0.3, -0.25) is 4.99 Å². The Morgan fingerprint density at radius 1 is 1.00 bits per heavy atom. The molecule has 33 heavy (non-hydrogen) atoms. The summed E-state index contributed by atoms with van der Waals surface area (Å²) in [6.45, 7) is 12.1. The number of carbonyl (C=O) groups excluding carboxylic acids is 1. The van der Waals surface area contributed by atoms with E-state index in [1.54, 1.807) is 0 Å². The number of nitrogens with two attached hydrogens (primary N) is 1. The Bertz CT molecular complexity index is 1370. The highest BCUT2D eigenvalue weighted by Gasteiger charge is 2.25. The second-order valence-corrected chi connectivity index (χ2v) is 8.18. The third-order valence-corrected chi connectivity index (χ3v) is 5.80. The van der Waals surface area contributed by atoms with Crippen LogP contribution in [-0.4, -0.2) is 25.7 Å². The lowest BCUT2D eigenvalue weighted by molar-refractivity contribution is -0.567. The van der Waals surface area contributed by atoms with E-state index in [-0.39, 0.29) is 5.97 Å². The van der Waals surface area contributed by atoms with Gasteiger partial charge in [0.15, 0.2) is 0 Å². The van der Waals surface area contributed by atoms with E-state index in [0.717, 1.165) is 62.1 Å². The molecule has 1 aliphatic carbocycles. The van der Waals surface area contributed by atoms with Gasteiger partial charge in [0.2, 0.25) is 0 Å². The van der Waals surface area contributed by atoms with Crippen LogP contribution in [0.2, 0.25) is 0 Å². The van der Waals surface area contributed by atoms with Crippen molar-refractivity contribution in [3.8, 4) is 22.5 Å². The van der Waals surface area contributed by atoms with E-state index in [4.69, 9.17) is 9.15 Å². The summed E-state index contributed by atoms with van der Waals surface area (Å²) >= 11 is 0. The number of quaternary nitrogens is 1. The Morgan fingerprint density at radius 2 is 1.79 bits per heavy atom. The highest BCUT2D eigenvalue weighted by Crippen LogP contribution is 2.44. The molecule has 0 saturated carbocycles. The molecule has 0 saturated heterocycles. The first-order valence-corrected chi connectivity index (χ1v) is 11.6. The number of esters is 1. The van der Waals surface area contributed by atoms with Gasteiger partial charge in [0, 0.05) is 41.3 Å². The number of benzene rings is 3. The summed E-state index contributed by atoms with van der Waals surface area (Å²) in [4.78, 5) is 17.5. The Kier molecular flexibility index (Phi) is 6.61. The van der Waals surface area contributed by atoms with Crippen LogP contribution < -0.4 is 10.7 Å². The zero-order chi connectivity index (χ0) is 23.5. The van der Waals surface area contributed by atoms with Crippen LogP contribution in [0.15, 0.2) is 57.9 Å². The van der Waals surface area contributed by atoms with Crippen LogP contribution in [-0.2, 0) is 4.74 Å². The number of nitrogens with zero attached hydrogens (tertiary/aromatic N) is 1. The maximum atomic E-state index is 12.9. The zero-order valence-corrected chi connectivity index (χ0v) is 20.0. The van der Waals surface area contributed by atoms with E-state index in [0.29, 0.717) is 18.7 Å². The van der Waals surface area contributed by atoms with E-state index in [9.17, 15) is 4.79 Å². The first-order chi connectivity index (χ1) is 16.0. The number of rotatable bonds is 6. The standard InChI is InChI=1S/C28H30N2O3/c1-6-29-19-13-17(4)25-23(15-19)33-24-16-20(30-7-2)14-18(5)26(24)27(25)21-11-9-10-12-22(21)28(31)32-8-3/h9-16,29H,6-8H2,1-5H3/p+1. The molecular formula is C28H31N2O3+. The predicted molar refractivity (Wildman–Crippen MR) is 132 cm³/mol. The molecule has 1 heterocycles. The monoisotopic (exact) mass is 443 g/mol. The molecule has 0 atom stereocenters. The quantitative estimate of drug-likeness (QED) is 0.255. The predicted octanol–water partition coefficient (Wildman–Crippen LogP) is 5.13. The molecule has 2 aromatic rings. The van der Waals surface area contributed by atoms with Gasteiger partial charge in [0.05, 0.1) is 24.1 Å². The van der Waals surface area contributed by atoms with Gasteiger partial charge in [-0.15, -0.1) is 0 Å². The van der Waals surface area contributed by atoms with Gasteiger partial charge in [-0.05, 0) is 63.4 Å². The summed E-state index contributed by atoms with van der Waals surface area (Å²) in [6.07, 6.45) is 0. The minimum atomic E-state index is -0.320. The van der Waals surface area contributed by atoms with E-state index in [1.165, 1.54) is 0 Å². The molecule has 170 valence electrons. The molecule has 4 rings (SSSR count). The molecule has 0 aromatic heterocycles. The van der Waals surface area contributed by atoms with Gasteiger partial charge in [-0.25, -0.2) is 4.79 Å². The lowest BCUT2D eigenvalue weighted by Crippen LogP contribution is -2.77. The highest BCUT2D eigenvalue weighted by atomic mass is 16.5. The van der Waals surface area contributed by atoms with Gasteiger partial charge in [-0.2, -0.15) is 0 Å². The Hall–Kier alpha value is -3.44. The molecule has 0 spiro atoms. The van der Waals surface area contributed by atoms with Crippen LogP contribution in [0.25, 0.3) is 33.4 Å². The minimum absolute atomic E-state index is 0.320. The molecule has 2 aliphatic rings. The maximum Gasteiger partial charge on any atom is 0.338 e. The largest absolute Gasteiger partial charge is 0.462 e. The average Bonchev–Trinajstić information content (AvgIpc) is 2.78. The number of ether oxygens (including phenoxy) is 1. The fourth-order valence-corrected chi connectivity index (χ4v) is 4.55. The highest BCUT2D eigenvalue weighted by molar-refractivity contribution is 6.09. The topological polar surface area (TPSA) is 68.4 Å². The first kappa shape index (κ1) is 22.7. The fourth-order valence-electron chi connectivity index (χ4n) is 4.55. The second kappa shape index (κ2) is 9.59. The zero-order valence-electron chi connectivity index (χ0n) is 20.0. The summed E-state index contributed by atoms with van der Waals surface area (Å²) in [6, 6.07) is 16.0. The van der Waals surface area contributed by atoms with Crippen molar-refractivity contribution in [2.24, 2.45) is 4.99 Å². The summed E-state index contributed by atoms with van der Waals surface area (Å²) < 4.78 is 11.9. The Balaban J connectivity index is 2.18. The number of hydrogen-bond donors (Lipinski definition) is 1. The lowest BCUT2D eigenvalue weighted by Gasteiger charge is -2.20. The van der Waals surface area contributed by atoms with E-state index in [1.807, 2.05) is 44.2 Å². The van der Waals surface area contributed by atoms with Crippen LogP contribution in [0, 0.1) is 13.8 Å². The van der Waals surface area contributed by atoms with Crippen molar-refractivity contribution in [1.29, 1.82) is 0 Å². The number of carbonyl (C=O) groups is 1. The van der Waals surface area contributed by atoms with Crippen LogP contribution >= 0.6 is 0 Å². The van der Waals surface area contributed by atoms with Gasteiger partial charge >= 0.3 is 5.97 Å². The third-order valence-electron chi connectivity index (χ3n) is 5.80. The number of fused-ring (bicyclic) bond motifs is 2. The molecule has 5 nitrogen and oxygen atoms in total. The number of aryl methyl sites for hydroxylation is 2. The fraction of sp³-hybridized carbons (Fsp3) is 0.286. The van der Waals surface area contributed by atoms with E-state index >= 15 is 0 Å². The van der Waals surface area contributed by atoms with Gasteiger partial charge in [0.25, 0.3) is 0 Å². The SMILES string of the molecule is CCN=c1cc2oc3cc([NH2+]CC)cc(C)c3c(-c3ccccc3C(=O)OCC)c-2c(C)c1. The lowest BCUT2D eigenvalue weighted by atomic mass is 9.87. The van der Waals surface area contributed by atoms with Crippen molar-refractivity contribution in [3.05, 3.63) is 70.6 Å². The van der Waals surface area contributed by atoms with Gasteiger partial charge in [-0.1, -0.05) is 18.2 Å². The molecule has 2 N–H and O–H groups in total. The van der Waals surface area contributed by atoms with Crippen molar-refractivity contribution >= 4 is 22.6 Å². The van der Waals surface area contributed by atoms with Crippen molar-refractivity contribution < 1.29 is 19.3 Å². The third kappa shape index (κ3) is 4.29. The molecule has 2 aromatic carbocycles. The molecule has 0 bridgehead atoms. The summed E-state index contributed by atoms with van der Waals surface area (Å²) in [5.74, 6) is 0.440. The van der Waals surface area contributed by atoms with Crippen LogP contribution in [0.5, 0.6) is 0 Å². The average molecular weight is 444 g/mol. The first-order valence-electron chi connectivity index (χ1n) is 11.6. The van der Waals surface area contributed by atoms with Crippen LogP contribution in [0.1, 0.15) is 42.3 Å². The normalized spacial score (nSPS) is 12.0. The minimum Gasteiger partial charge on any atom is -0.462 e. The van der Waals surface area contributed by atoms with Gasteiger partial charge in [0.1, 0.15) is 17.0 Å². The molecule has 0 unspecified atom stereocenters. The molecule has 0 amide bonds.